The summed E-state index contributed by atoms with van der Waals surface area (Å²) in [6, 6.07) is 3.95. The molecule has 0 aromatic heterocycles. The number of halogens is 1. The van der Waals surface area contributed by atoms with Crippen LogP contribution in [0.15, 0.2) is 18.2 Å². The van der Waals surface area contributed by atoms with Crippen molar-refractivity contribution in [2.45, 2.75) is 19.9 Å². The summed E-state index contributed by atoms with van der Waals surface area (Å²) < 4.78 is 0. The number of nitrogens with zero attached hydrogens (tertiary/aromatic N) is 1. The summed E-state index contributed by atoms with van der Waals surface area (Å²) in [5, 5.41) is 16.4. The van der Waals surface area contributed by atoms with Crippen LogP contribution < -0.4 is 15.5 Å². The maximum atomic E-state index is 12.0. The summed E-state index contributed by atoms with van der Waals surface area (Å²) >= 11 is 5.80. The molecule has 1 aromatic rings. The van der Waals surface area contributed by atoms with E-state index in [1.165, 1.54) is 18.2 Å². The number of quaternary nitrogens is 1. The number of nitro groups is 1. The van der Waals surface area contributed by atoms with E-state index in [0.717, 1.165) is 0 Å². The molecule has 0 heterocycles. The Morgan fingerprint density at radius 1 is 1.30 bits per heavy atom. The summed E-state index contributed by atoms with van der Waals surface area (Å²) in [6.07, 6.45) is 0. The molecule has 23 heavy (non-hydrogen) atoms. The molecule has 2 amide bonds. The van der Waals surface area contributed by atoms with Gasteiger partial charge in [-0.3, -0.25) is 19.7 Å². The van der Waals surface area contributed by atoms with Crippen molar-refractivity contribution < 1.29 is 19.4 Å². The number of carbonyl (C=O) groups excluding carboxylic acids is 2. The Hall–Kier alpha value is -2.19. The van der Waals surface area contributed by atoms with E-state index in [4.69, 9.17) is 11.6 Å². The molecule has 1 rings (SSSR count). The van der Waals surface area contributed by atoms with Crippen molar-refractivity contribution in [3.8, 4) is 0 Å². The molecule has 0 saturated heterocycles. The molecule has 1 aromatic carbocycles. The Bertz CT molecular complexity index is 606. The first-order valence-corrected chi connectivity index (χ1v) is 7.41. The van der Waals surface area contributed by atoms with Crippen LogP contribution in [0.25, 0.3) is 0 Å². The van der Waals surface area contributed by atoms with Gasteiger partial charge < -0.3 is 15.5 Å². The Labute approximate surface area is 138 Å². The molecule has 0 aliphatic carbocycles. The smallest absolute Gasteiger partial charge is 0.292 e. The fourth-order valence-electron chi connectivity index (χ4n) is 1.95. The number of likely N-dealkylation sites (N-methyl/N-ethyl adjacent to an activating group) is 1. The maximum Gasteiger partial charge on any atom is 0.292 e. The molecule has 126 valence electrons. The van der Waals surface area contributed by atoms with Crippen LogP contribution in [0, 0.1) is 10.1 Å². The lowest BCUT2D eigenvalue weighted by Crippen LogP contribution is -3.11. The average Bonchev–Trinajstić information content (AvgIpc) is 2.36. The van der Waals surface area contributed by atoms with E-state index < -0.39 is 10.8 Å². The Balaban J connectivity index is 2.65. The third kappa shape index (κ3) is 6.62. The van der Waals surface area contributed by atoms with Gasteiger partial charge in [0, 0.05) is 17.1 Å². The number of nitro benzene ring substituents is 1. The molecule has 0 fully saturated rings. The van der Waals surface area contributed by atoms with Crippen molar-refractivity contribution in [3.63, 3.8) is 0 Å². The molecule has 1 atom stereocenters. The minimum Gasteiger partial charge on any atom is -0.349 e. The zero-order valence-electron chi connectivity index (χ0n) is 13.2. The molecule has 8 nitrogen and oxygen atoms in total. The van der Waals surface area contributed by atoms with E-state index in [1.54, 1.807) is 7.05 Å². The monoisotopic (exact) mass is 343 g/mol. The quantitative estimate of drug-likeness (QED) is 0.486. The summed E-state index contributed by atoms with van der Waals surface area (Å²) in [7, 11) is 1.69. The first kappa shape index (κ1) is 18.9. The van der Waals surface area contributed by atoms with Gasteiger partial charge in [-0.25, -0.2) is 0 Å². The van der Waals surface area contributed by atoms with Gasteiger partial charge in [-0.2, -0.15) is 0 Å². The minimum atomic E-state index is -0.599. The summed E-state index contributed by atoms with van der Waals surface area (Å²) in [5.74, 6) is -0.607. The van der Waals surface area contributed by atoms with Crippen LogP contribution in [-0.4, -0.2) is 42.9 Å². The fourth-order valence-corrected chi connectivity index (χ4v) is 2.12. The Morgan fingerprint density at radius 2 is 1.91 bits per heavy atom. The molecular weight excluding hydrogens is 324 g/mol. The third-order valence-corrected chi connectivity index (χ3v) is 3.04. The van der Waals surface area contributed by atoms with Gasteiger partial charge in [0.05, 0.1) is 12.0 Å². The number of nitrogens with one attached hydrogen (secondary N) is 3. The molecule has 0 bridgehead atoms. The number of carbonyl (C=O) groups is 2. The number of benzene rings is 1. The second kappa shape index (κ2) is 8.44. The van der Waals surface area contributed by atoms with Gasteiger partial charge >= 0.3 is 0 Å². The summed E-state index contributed by atoms with van der Waals surface area (Å²) in [4.78, 5) is 34.6. The predicted molar refractivity (Wildman–Crippen MR) is 86.6 cm³/mol. The van der Waals surface area contributed by atoms with Crippen molar-refractivity contribution in [2.24, 2.45) is 0 Å². The highest BCUT2D eigenvalue weighted by molar-refractivity contribution is 6.31. The largest absolute Gasteiger partial charge is 0.349 e. The lowest BCUT2D eigenvalue weighted by atomic mass is 10.2. The van der Waals surface area contributed by atoms with Gasteiger partial charge in [-0.15, -0.1) is 0 Å². The van der Waals surface area contributed by atoms with E-state index >= 15 is 0 Å². The highest BCUT2D eigenvalue weighted by Crippen LogP contribution is 2.27. The molecule has 0 aliphatic rings. The number of hydrogen-bond donors (Lipinski definition) is 3. The molecule has 0 spiro atoms. The number of rotatable bonds is 7. The summed E-state index contributed by atoms with van der Waals surface area (Å²) in [5.41, 5.74) is -0.204. The van der Waals surface area contributed by atoms with Gasteiger partial charge in [0.25, 0.3) is 17.5 Å². The van der Waals surface area contributed by atoms with Gasteiger partial charge in [0.15, 0.2) is 13.1 Å². The topological polar surface area (TPSA) is 106 Å². The number of amides is 2. The molecular formula is C14H20ClN4O4+. The van der Waals surface area contributed by atoms with Crippen LogP contribution in [0.1, 0.15) is 13.8 Å². The highest BCUT2D eigenvalue weighted by atomic mass is 35.5. The van der Waals surface area contributed by atoms with E-state index in [9.17, 15) is 19.7 Å². The van der Waals surface area contributed by atoms with Crippen molar-refractivity contribution in [1.82, 2.24) is 5.32 Å². The van der Waals surface area contributed by atoms with Gasteiger partial charge in [-0.1, -0.05) is 11.6 Å². The molecule has 0 aliphatic heterocycles. The normalized spacial score (nSPS) is 11.9. The van der Waals surface area contributed by atoms with Crippen molar-refractivity contribution in [3.05, 3.63) is 33.3 Å². The Kier molecular flexibility index (Phi) is 6.92. The molecule has 1 unspecified atom stereocenters. The first-order valence-electron chi connectivity index (χ1n) is 7.03. The number of anilines is 1. The van der Waals surface area contributed by atoms with E-state index in [0.29, 0.717) is 4.90 Å². The summed E-state index contributed by atoms with van der Waals surface area (Å²) in [6.45, 7) is 3.81. The lowest BCUT2D eigenvalue weighted by Gasteiger charge is -2.15. The Morgan fingerprint density at radius 3 is 2.48 bits per heavy atom. The number of hydrogen-bond acceptors (Lipinski definition) is 4. The second-order valence-corrected chi connectivity index (χ2v) is 5.94. The van der Waals surface area contributed by atoms with Crippen molar-refractivity contribution in [1.29, 1.82) is 0 Å². The van der Waals surface area contributed by atoms with E-state index in [1.807, 2.05) is 13.8 Å². The van der Waals surface area contributed by atoms with Crippen LogP contribution >= 0.6 is 11.6 Å². The molecule has 0 radical (unpaired) electrons. The average molecular weight is 344 g/mol. The standard InChI is InChI=1S/C14H19ClN4O4/c1-9(2)16-13(20)7-18(3)8-14(21)17-11-6-10(15)4-5-12(11)19(22)23/h4-6,9H,7-8H2,1-3H3,(H,16,20)(H,17,21)/p+1. The van der Waals surface area contributed by atoms with Gasteiger partial charge in [-0.05, 0) is 26.0 Å². The van der Waals surface area contributed by atoms with E-state index in [-0.39, 0.29) is 41.4 Å². The minimum absolute atomic E-state index is 0.00478. The first-order chi connectivity index (χ1) is 10.7. The molecule has 9 heteroatoms. The zero-order valence-corrected chi connectivity index (χ0v) is 13.9. The maximum absolute atomic E-state index is 12.0. The molecule has 0 saturated carbocycles. The van der Waals surface area contributed by atoms with Crippen molar-refractivity contribution in [2.75, 3.05) is 25.5 Å². The SMILES string of the molecule is CC(C)NC(=O)C[NH+](C)CC(=O)Nc1cc(Cl)ccc1[N+](=O)[O-]. The van der Waals surface area contributed by atoms with Crippen LogP contribution in [0.2, 0.25) is 5.02 Å². The molecule has 3 N–H and O–H groups in total. The third-order valence-electron chi connectivity index (χ3n) is 2.80. The van der Waals surface area contributed by atoms with E-state index in [2.05, 4.69) is 10.6 Å². The lowest BCUT2D eigenvalue weighted by molar-refractivity contribution is -0.862. The second-order valence-electron chi connectivity index (χ2n) is 5.50. The van der Waals surface area contributed by atoms with Crippen molar-refractivity contribution >= 4 is 34.8 Å². The highest BCUT2D eigenvalue weighted by Gasteiger charge is 2.19. The van der Waals surface area contributed by atoms with Crippen LogP contribution in [0.5, 0.6) is 0 Å². The van der Waals surface area contributed by atoms with Gasteiger partial charge in [0.2, 0.25) is 0 Å². The fraction of sp³-hybridized carbons (Fsp3) is 0.429. The van der Waals surface area contributed by atoms with Crippen LogP contribution in [0.3, 0.4) is 0 Å². The van der Waals surface area contributed by atoms with Crippen LogP contribution in [0.4, 0.5) is 11.4 Å². The van der Waals surface area contributed by atoms with Gasteiger partial charge in [0.1, 0.15) is 5.69 Å². The predicted octanol–water partition coefficient (Wildman–Crippen LogP) is 0.226. The zero-order chi connectivity index (χ0) is 17.6. The van der Waals surface area contributed by atoms with Crippen LogP contribution in [-0.2, 0) is 9.59 Å².